The van der Waals surface area contributed by atoms with E-state index >= 15 is 0 Å². The summed E-state index contributed by atoms with van der Waals surface area (Å²) in [5.74, 6) is 0.372. The lowest BCUT2D eigenvalue weighted by Gasteiger charge is -2.31. The number of hydrogen-bond donors (Lipinski definition) is 1. The SMILES string of the molecule is CNC(=O)C(Cc1ccccc1)N(Cc1ccccc1C)C(=O)CSCc1ccc([N+](=O)[O-])cc1. The molecule has 2 amide bonds. The number of nitro groups is 1. The van der Waals surface area contributed by atoms with Crippen molar-refractivity contribution < 1.29 is 14.5 Å². The first kappa shape index (κ1) is 26.0. The fourth-order valence-electron chi connectivity index (χ4n) is 3.74. The van der Waals surface area contributed by atoms with Crippen LogP contribution in [-0.4, -0.2) is 40.5 Å². The van der Waals surface area contributed by atoms with Crippen LogP contribution in [0.3, 0.4) is 0 Å². The maximum absolute atomic E-state index is 13.5. The second-order valence-corrected chi connectivity index (χ2v) is 9.17. The molecule has 182 valence electrons. The Balaban J connectivity index is 1.78. The van der Waals surface area contributed by atoms with Crippen molar-refractivity contribution in [2.24, 2.45) is 0 Å². The minimum absolute atomic E-state index is 0.0357. The molecule has 8 heteroatoms. The van der Waals surface area contributed by atoms with Gasteiger partial charge in [-0.2, -0.15) is 0 Å². The lowest BCUT2D eigenvalue weighted by molar-refractivity contribution is -0.384. The first-order valence-corrected chi connectivity index (χ1v) is 12.4. The number of carbonyl (C=O) groups excluding carboxylic acids is 2. The van der Waals surface area contributed by atoms with Gasteiger partial charge in [0.2, 0.25) is 11.8 Å². The molecular weight excluding hydrogens is 462 g/mol. The summed E-state index contributed by atoms with van der Waals surface area (Å²) < 4.78 is 0. The zero-order chi connectivity index (χ0) is 25.2. The number of aryl methyl sites for hydroxylation is 1. The van der Waals surface area contributed by atoms with E-state index in [1.54, 1.807) is 24.1 Å². The summed E-state index contributed by atoms with van der Waals surface area (Å²) in [6.07, 6.45) is 0.408. The lowest BCUT2D eigenvalue weighted by Crippen LogP contribution is -2.50. The zero-order valence-corrected chi connectivity index (χ0v) is 20.7. The molecule has 1 N–H and O–H groups in total. The van der Waals surface area contributed by atoms with Crippen LogP contribution in [0, 0.1) is 17.0 Å². The number of benzene rings is 3. The molecular formula is C27H29N3O4S. The predicted octanol–water partition coefficient (Wildman–Crippen LogP) is 4.52. The van der Waals surface area contributed by atoms with Gasteiger partial charge in [0.25, 0.3) is 5.69 Å². The van der Waals surface area contributed by atoms with Crippen LogP contribution in [0.1, 0.15) is 22.3 Å². The van der Waals surface area contributed by atoms with Crippen molar-refractivity contribution in [2.45, 2.75) is 31.7 Å². The Morgan fingerprint density at radius 3 is 2.26 bits per heavy atom. The van der Waals surface area contributed by atoms with Gasteiger partial charge in [-0.3, -0.25) is 19.7 Å². The normalized spacial score (nSPS) is 11.5. The van der Waals surface area contributed by atoms with Crippen molar-refractivity contribution in [1.82, 2.24) is 10.2 Å². The second-order valence-electron chi connectivity index (χ2n) is 8.18. The Bertz CT molecular complexity index is 1150. The minimum atomic E-state index is -0.658. The fraction of sp³-hybridized carbons (Fsp3) is 0.259. The number of rotatable bonds is 11. The first-order chi connectivity index (χ1) is 16.9. The third-order valence-electron chi connectivity index (χ3n) is 5.76. The van der Waals surface area contributed by atoms with E-state index in [0.717, 1.165) is 22.3 Å². The molecule has 3 aromatic carbocycles. The lowest BCUT2D eigenvalue weighted by atomic mass is 10.0. The number of nitro benzene ring substituents is 1. The van der Waals surface area contributed by atoms with Gasteiger partial charge in [0, 0.05) is 37.9 Å². The van der Waals surface area contributed by atoms with Crippen molar-refractivity contribution >= 4 is 29.3 Å². The summed E-state index contributed by atoms with van der Waals surface area (Å²) in [4.78, 5) is 38.5. The van der Waals surface area contributed by atoms with E-state index in [1.165, 1.54) is 23.9 Å². The van der Waals surface area contributed by atoms with Crippen LogP contribution in [0.4, 0.5) is 5.69 Å². The van der Waals surface area contributed by atoms with Gasteiger partial charge in [-0.1, -0.05) is 66.7 Å². The van der Waals surface area contributed by atoms with Crippen molar-refractivity contribution in [3.05, 3.63) is 111 Å². The van der Waals surface area contributed by atoms with E-state index < -0.39 is 11.0 Å². The molecule has 1 unspecified atom stereocenters. The Labute approximate surface area is 209 Å². The number of non-ortho nitro benzene ring substituents is 1. The Hall–Kier alpha value is -3.65. The van der Waals surface area contributed by atoms with Gasteiger partial charge in [-0.05, 0) is 29.2 Å². The first-order valence-electron chi connectivity index (χ1n) is 11.3. The van der Waals surface area contributed by atoms with Crippen LogP contribution < -0.4 is 5.32 Å². The number of amides is 2. The molecule has 0 aliphatic carbocycles. The molecule has 0 saturated heterocycles. The average molecular weight is 492 g/mol. The molecule has 0 saturated carbocycles. The van der Waals surface area contributed by atoms with Gasteiger partial charge in [0.1, 0.15) is 6.04 Å². The van der Waals surface area contributed by atoms with Gasteiger partial charge >= 0.3 is 0 Å². The summed E-state index contributed by atoms with van der Waals surface area (Å²) in [6, 6.07) is 23.2. The van der Waals surface area contributed by atoms with Crippen molar-refractivity contribution in [3.8, 4) is 0 Å². The van der Waals surface area contributed by atoms with Crippen molar-refractivity contribution in [3.63, 3.8) is 0 Å². The third-order valence-corrected chi connectivity index (χ3v) is 6.75. The molecule has 3 aromatic rings. The molecule has 0 bridgehead atoms. The molecule has 0 fully saturated rings. The number of nitrogens with one attached hydrogen (secondary N) is 1. The molecule has 0 heterocycles. The predicted molar refractivity (Wildman–Crippen MR) is 139 cm³/mol. The van der Waals surface area contributed by atoms with Gasteiger partial charge in [0.15, 0.2) is 0 Å². The summed E-state index contributed by atoms with van der Waals surface area (Å²) in [6.45, 7) is 2.32. The molecule has 0 spiro atoms. The monoisotopic (exact) mass is 491 g/mol. The van der Waals surface area contributed by atoms with Gasteiger partial charge in [-0.25, -0.2) is 0 Å². The van der Waals surface area contributed by atoms with Crippen molar-refractivity contribution in [1.29, 1.82) is 0 Å². The Kier molecular flexibility index (Phi) is 9.43. The van der Waals surface area contributed by atoms with E-state index in [2.05, 4.69) is 5.32 Å². The van der Waals surface area contributed by atoms with Crippen LogP contribution in [-0.2, 0) is 28.3 Å². The highest BCUT2D eigenvalue weighted by Gasteiger charge is 2.30. The molecule has 7 nitrogen and oxygen atoms in total. The number of thioether (sulfide) groups is 1. The molecule has 3 rings (SSSR count). The summed E-state index contributed by atoms with van der Waals surface area (Å²) in [5.41, 5.74) is 3.95. The number of likely N-dealkylation sites (N-methyl/N-ethyl adjacent to an activating group) is 1. The summed E-state index contributed by atoms with van der Waals surface area (Å²) in [5, 5.41) is 13.6. The smallest absolute Gasteiger partial charge is 0.269 e. The molecule has 0 aliphatic rings. The number of carbonyl (C=O) groups is 2. The molecule has 0 radical (unpaired) electrons. The largest absolute Gasteiger partial charge is 0.357 e. The average Bonchev–Trinajstić information content (AvgIpc) is 2.87. The highest BCUT2D eigenvalue weighted by Crippen LogP contribution is 2.21. The summed E-state index contributed by atoms with van der Waals surface area (Å²) >= 11 is 1.42. The minimum Gasteiger partial charge on any atom is -0.357 e. The highest BCUT2D eigenvalue weighted by molar-refractivity contribution is 7.99. The van der Waals surface area contributed by atoms with Crippen LogP contribution in [0.5, 0.6) is 0 Å². The van der Waals surface area contributed by atoms with Gasteiger partial charge in [-0.15, -0.1) is 11.8 Å². The van der Waals surface area contributed by atoms with E-state index in [9.17, 15) is 19.7 Å². The van der Waals surface area contributed by atoms with Crippen molar-refractivity contribution in [2.75, 3.05) is 12.8 Å². The van der Waals surface area contributed by atoms with Crippen LogP contribution in [0.15, 0.2) is 78.9 Å². The molecule has 0 aromatic heterocycles. The third kappa shape index (κ3) is 7.42. The van der Waals surface area contributed by atoms with Crippen LogP contribution in [0.2, 0.25) is 0 Å². The number of nitrogens with zero attached hydrogens (tertiary/aromatic N) is 2. The maximum atomic E-state index is 13.5. The Morgan fingerprint density at radius 2 is 1.63 bits per heavy atom. The fourth-order valence-corrected chi connectivity index (χ4v) is 4.62. The molecule has 35 heavy (non-hydrogen) atoms. The van der Waals surface area contributed by atoms with Crippen LogP contribution in [0.25, 0.3) is 0 Å². The van der Waals surface area contributed by atoms with E-state index in [-0.39, 0.29) is 23.3 Å². The van der Waals surface area contributed by atoms with Gasteiger partial charge < -0.3 is 10.2 Å². The van der Waals surface area contributed by atoms with E-state index in [4.69, 9.17) is 0 Å². The van der Waals surface area contributed by atoms with E-state index in [1.807, 2.05) is 61.5 Å². The maximum Gasteiger partial charge on any atom is 0.269 e. The zero-order valence-electron chi connectivity index (χ0n) is 19.8. The highest BCUT2D eigenvalue weighted by atomic mass is 32.2. The number of hydrogen-bond acceptors (Lipinski definition) is 5. The van der Waals surface area contributed by atoms with Crippen LogP contribution >= 0.6 is 11.8 Å². The Morgan fingerprint density at radius 1 is 0.971 bits per heavy atom. The molecule has 0 aliphatic heterocycles. The summed E-state index contributed by atoms with van der Waals surface area (Å²) in [7, 11) is 1.58. The topological polar surface area (TPSA) is 92.6 Å². The van der Waals surface area contributed by atoms with E-state index in [0.29, 0.717) is 18.7 Å². The van der Waals surface area contributed by atoms with Gasteiger partial charge in [0.05, 0.1) is 10.7 Å². The standard InChI is InChI=1S/C27H29N3O4S/c1-20-8-6-7-11-23(20)17-29(25(27(32)28-2)16-21-9-4-3-5-10-21)26(31)19-35-18-22-12-14-24(15-13-22)30(33)34/h3-15,25H,16-19H2,1-2H3,(H,28,32). The molecule has 1 atom stereocenters. The second kappa shape index (κ2) is 12.7. The quantitative estimate of drug-likeness (QED) is 0.314.